The van der Waals surface area contributed by atoms with Crippen LogP contribution in [0.25, 0.3) is 87.8 Å². The largest absolute Gasteiger partial charge is 0.309 e. The van der Waals surface area contributed by atoms with Gasteiger partial charge >= 0.3 is 0 Å². The standard InChI is InChI=1S/C44H28N2/c1-3-13-29(14-4-1)32-25-33(30-15-5-2-6-16-30)27-34(26-32)45-39-22-12-10-20-37(39)44-40(45)23-24-41-43(44)36-19-9-8-18-35(36)42-28-31-17-7-11-21-38(31)46(41)42/h1-28H. The minimum absolute atomic E-state index is 1.16. The van der Waals surface area contributed by atoms with Crippen molar-refractivity contribution < 1.29 is 0 Å². The van der Waals surface area contributed by atoms with E-state index < -0.39 is 0 Å². The molecule has 3 heterocycles. The van der Waals surface area contributed by atoms with E-state index in [0.717, 1.165) is 5.69 Å². The topological polar surface area (TPSA) is 9.34 Å². The molecule has 0 radical (unpaired) electrons. The molecule has 10 aromatic rings. The first kappa shape index (κ1) is 25.2. The van der Waals surface area contributed by atoms with Gasteiger partial charge in [-0.1, -0.05) is 121 Å². The first-order valence-electron chi connectivity index (χ1n) is 15.9. The Morgan fingerprint density at radius 2 is 0.848 bits per heavy atom. The molecule has 0 amide bonds. The highest BCUT2D eigenvalue weighted by atomic mass is 15.0. The number of rotatable bonds is 3. The molecule has 3 aromatic heterocycles. The highest BCUT2D eigenvalue weighted by molar-refractivity contribution is 6.30. The number of hydrogen-bond acceptors (Lipinski definition) is 0. The van der Waals surface area contributed by atoms with Crippen LogP contribution in [0.4, 0.5) is 0 Å². The zero-order chi connectivity index (χ0) is 30.2. The van der Waals surface area contributed by atoms with Gasteiger partial charge in [-0.2, -0.15) is 0 Å². The number of nitrogens with zero attached hydrogens (tertiary/aromatic N) is 2. The molecule has 0 aliphatic heterocycles. The maximum Gasteiger partial charge on any atom is 0.0548 e. The van der Waals surface area contributed by atoms with E-state index in [9.17, 15) is 0 Å². The van der Waals surface area contributed by atoms with E-state index in [1.165, 1.54) is 82.2 Å². The van der Waals surface area contributed by atoms with Crippen LogP contribution in [-0.4, -0.2) is 8.97 Å². The smallest absolute Gasteiger partial charge is 0.0548 e. The van der Waals surface area contributed by atoms with Crippen LogP contribution in [0.3, 0.4) is 0 Å². The Morgan fingerprint density at radius 3 is 1.57 bits per heavy atom. The summed E-state index contributed by atoms with van der Waals surface area (Å²) in [5, 5.41) is 7.65. The van der Waals surface area contributed by atoms with Crippen molar-refractivity contribution in [1.82, 2.24) is 8.97 Å². The van der Waals surface area contributed by atoms with Gasteiger partial charge in [0.15, 0.2) is 0 Å². The van der Waals surface area contributed by atoms with Crippen molar-refractivity contribution in [1.29, 1.82) is 0 Å². The van der Waals surface area contributed by atoms with Gasteiger partial charge in [-0.05, 0) is 76.2 Å². The minimum atomic E-state index is 1.16. The fraction of sp³-hybridized carbons (Fsp3) is 0. The molecule has 0 saturated carbocycles. The predicted molar refractivity (Wildman–Crippen MR) is 195 cm³/mol. The van der Waals surface area contributed by atoms with Crippen molar-refractivity contribution >= 4 is 59.9 Å². The second-order valence-electron chi connectivity index (χ2n) is 12.2. The highest BCUT2D eigenvalue weighted by Crippen LogP contribution is 2.43. The molecule has 0 aliphatic carbocycles. The van der Waals surface area contributed by atoms with Crippen molar-refractivity contribution in [2.45, 2.75) is 0 Å². The molecule has 0 fully saturated rings. The first-order valence-corrected chi connectivity index (χ1v) is 15.9. The lowest BCUT2D eigenvalue weighted by Gasteiger charge is -2.15. The molecule has 2 nitrogen and oxygen atoms in total. The van der Waals surface area contributed by atoms with Crippen molar-refractivity contribution in [2.24, 2.45) is 0 Å². The van der Waals surface area contributed by atoms with Crippen LogP contribution in [0.2, 0.25) is 0 Å². The normalized spacial score (nSPS) is 11.9. The molecule has 0 bridgehead atoms. The Bertz CT molecular complexity index is 2730. The van der Waals surface area contributed by atoms with Crippen LogP contribution in [0.15, 0.2) is 170 Å². The molecule has 0 saturated heterocycles. The molecule has 46 heavy (non-hydrogen) atoms. The fourth-order valence-electron chi connectivity index (χ4n) is 7.66. The van der Waals surface area contributed by atoms with E-state index in [4.69, 9.17) is 0 Å². The Morgan fingerprint density at radius 1 is 0.304 bits per heavy atom. The number of para-hydroxylation sites is 2. The van der Waals surface area contributed by atoms with E-state index in [0.29, 0.717) is 0 Å². The molecule has 2 heteroatoms. The average Bonchev–Trinajstić information content (AvgIpc) is 3.69. The zero-order valence-corrected chi connectivity index (χ0v) is 25.1. The van der Waals surface area contributed by atoms with Gasteiger partial charge in [-0.25, -0.2) is 0 Å². The number of hydrogen-bond donors (Lipinski definition) is 0. The van der Waals surface area contributed by atoms with Gasteiger partial charge in [0.2, 0.25) is 0 Å². The lowest BCUT2D eigenvalue weighted by Crippen LogP contribution is -1.96. The Balaban J connectivity index is 1.38. The summed E-state index contributed by atoms with van der Waals surface area (Å²) in [6, 6.07) is 62.0. The van der Waals surface area contributed by atoms with E-state index in [2.05, 4.69) is 179 Å². The Kier molecular flexibility index (Phi) is 5.31. The predicted octanol–water partition coefficient (Wildman–Crippen LogP) is 11.8. The third kappa shape index (κ3) is 3.59. The van der Waals surface area contributed by atoms with Crippen LogP contribution >= 0.6 is 0 Å². The third-order valence-corrected chi connectivity index (χ3v) is 9.63. The summed E-state index contributed by atoms with van der Waals surface area (Å²) in [6.07, 6.45) is 0. The fourth-order valence-corrected chi connectivity index (χ4v) is 7.66. The lowest BCUT2D eigenvalue weighted by atomic mass is 9.98. The molecular weight excluding hydrogens is 556 g/mol. The molecule has 10 rings (SSSR count). The highest BCUT2D eigenvalue weighted by Gasteiger charge is 2.20. The van der Waals surface area contributed by atoms with Crippen LogP contribution < -0.4 is 0 Å². The van der Waals surface area contributed by atoms with Gasteiger partial charge in [-0.15, -0.1) is 0 Å². The molecule has 0 atom stereocenters. The summed E-state index contributed by atoms with van der Waals surface area (Å²) >= 11 is 0. The lowest BCUT2D eigenvalue weighted by molar-refractivity contribution is 1.18. The van der Waals surface area contributed by atoms with Crippen molar-refractivity contribution in [3.8, 4) is 27.9 Å². The summed E-state index contributed by atoms with van der Waals surface area (Å²) in [5.74, 6) is 0. The molecule has 214 valence electrons. The average molecular weight is 585 g/mol. The molecule has 7 aromatic carbocycles. The van der Waals surface area contributed by atoms with E-state index >= 15 is 0 Å². The number of aromatic nitrogens is 2. The first-order chi connectivity index (χ1) is 22.8. The second-order valence-corrected chi connectivity index (χ2v) is 12.2. The summed E-state index contributed by atoms with van der Waals surface area (Å²) < 4.78 is 4.93. The van der Waals surface area contributed by atoms with Crippen molar-refractivity contribution in [3.63, 3.8) is 0 Å². The van der Waals surface area contributed by atoms with Gasteiger partial charge in [0.05, 0.1) is 27.6 Å². The number of fused-ring (bicyclic) bond motifs is 12. The van der Waals surface area contributed by atoms with E-state index in [1.54, 1.807) is 0 Å². The second kappa shape index (κ2) is 9.69. The summed E-state index contributed by atoms with van der Waals surface area (Å²) in [5.41, 5.74) is 12.1. The van der Waals surface area contributed by atoms with E-state index in [-0.39, 0.29) is 0 Å². The Hall–Kier alpha value is -6.12. The Labute approximate surface area is 266 Å². The van der Waals surface area contributed by atoms with Gasteiger partial charge < -0.3 is 8.97 Å². The van der Waals surface area contributed by atoms with Crippen LogP contribution in [0.5, 0.6) is 0 Å². The maximum atomic E-state index is 2.47. The molecule has 0 spiro atoms. The van der Waals surface area contributed by atoms with Crippen molar-refractivity contribution in [2.75, 3.05) is 0 Å². The van der Waals surface area contributed by atoms with Gasteiger partial charge in [-0.3, -0.25) is 0 Å². The van der Waals surface area contributed by atoms with E-state index in [1.807, 2.05) is 0 Å². The molecular formula is C44H28N2. The quantitative estimate of drug-likeness (QED) is 0.183. The van der Waals surface area contributed by atoms with Crippen LogP contribution in [0, 0.1) is 0 Å². The monoisotopic (exact) mass is 584 g/mol. The number of pyridine rings is 1. The minimum Gasteiger partial charge on any atom is -0.309 e. The third-order valence-electron chi connectivity index (χ3n) is 9.63. The zero-order valence-electron chi connectivity index (χ0n) is 25.1. The number of benzene rings is 7. The maximum absolute atomic E-state index is 2.47. The molecule has 0 aliphatic rings. The molecule has 0 N–H and O–H groups in total. The van der Waals surface area contributed by atoms with Gasteiger partial charge in [0.1, 0.15) is 0 Å². The SMILES string of the molecule is c1ccc(-c2cc(-c3ccccc3)cc(-n3c4ccccc4c4c5c6ccccc6c6cc7ccccc7n6c5ccc43)c2)cc1. The van der Waals surface area contributed by atoms with Gasteiger partial charge in [0, 0.05) is 32.6 Å². The van der Waals surface area contributed by atoms with Crippen LogP contribution in [0.1, 0.15) is 0 Å². The summed E-state index contributed by atoms with van der Waals surface area (Å²) in [4.78, 5) is 0. The summed E-state index contributed by atoms with van der Waals surface area (Å²) in [6.45, 7) is 0. The van der Waals surface area contributed by atoms with Crippen LogP contribution in [-0.2, 0) is 0 Å². The van der Waals surface area contributed by atoms with Crippen molar-refractivity contribution in [3.05, 3.63) is 170 Å². The van der Waals surface area contributed by atoms with Gasteiger partial charge in [0.25, 0.3) is 0 Å². The molecule has 0 unspecified atom stereocenters. The summed E-state index contributed by atoms with van der Waals surface area (Å²) in [7, 11) is 0.